The first kappa shape index (κ1) is 16.8. The Morgan fingerprint density at radius 2 is 1.00 bits per heavy atom. The van der Waals surface area contributed by atoms with Crippen molar-refractivity contribution < 1.29 is 0 Å². The molecule has 0 spiro atoms. The summed E-state index contributed by atoms with van der Waals surface area (Å²) >= 11 is 0. The van der Waals surface area contributed by atoms with Crippen LogP contribution in [0.15, 0.2) is 24.3 Å². The van der Waals surface area contributed by atoms with Gasteiger partial charge in [0.15, 0.2) is 0 Å². The van der Waals surface area contributed by atoms with Crippen LogP contribution in [-0.2, 0) is 25.7 Å². The van der Waals surface area contributed by atoms with Crippen LogP contribution in [-0.4, -0.2) is 0 Å². The Labute approximate surface area is 136 Å². The molecule has 0 saturated carbocycles. The van der Waals surface area contributed by atoms with Gasteiger partial charge >= 0.3 is 0 Å². The Balaban J connectivity index is 2.41. The molecule has 0 heteroatoms. The van der Waals surface area contributed by atoms with E-state index in [-0.39, 0.29) is 0 Å². The molecule has 0 atom stereocenters. The fourth-order valence-electron chi connectivity index (χ4n) is 3.47. The van der Waals surface area contributed by atoms with Gasteiger partial charge in [0.05, 0.1) is 0 Å². The van der Waals surface area contributed by atoms with Crippen LogP contribution in [0.5, 0.6) is 0 Å². The minimum absolute atomic E-state index is 1.05. The van der Waals surface area contributed by atoms with E-state index < -0.39 is 0 Å². The van der Waals surface area contributed by atoms with Gasteiger partial charge in [-0.15, -0.1) is 0 Å². The maximum atomic E-state index is 2.41. The van der Waals surface area contributed by atoms with Crippen molar-refractivity contribution in [2.75, 3.05) is 0 Å². The van der Waals surface area contributed by atoms with Gasteiger partial charge in [-0.05, 0) is 91.0 Å². The summed E-state index contributed by atoms with van der Waals surface area (Å²) in [4.78, 5) is 0. The molecule has 0 aliphatic rings. The normalized spacial score (nSPS) is 11.0. The van der Waals surface area contributed by atoms with E-state index in [1.54, 1.807) is 0 Å². The molecule has 22 heavy (non-hydrogen) atoms. The molecular formula is C22H30. The lowest BCUT2D eigenvalue weighted by Crippen LogP contribution is -2.00. The van der Waals surface area contributed by atoms with Crippen LogP contribution in [0, 0.1) is 20.8 Å². The lowest BCUT2D eigenvalue weighted by molar-refractivity contribution is 1.01. The summed E-state index contributed by atoms with van der Waals surface area (Å²) in [5, 5.41) is 0. The fraction of sp³-hybridized carbons (Fsp3) is 0.455. The lowest BCUT2D eigenvalue weighted by atomic mass is 9.91. The van der Waals surface area contributed by atoms with Crippen molar-refractivity contribution in [3.63, 3.8) is 0 Å². The third-order valence-electron chi connectivity index (χ3n) is 5.07. The van der Waals surface area contributed by atoms with Crippen molar-refractivity contribution in [1.29, 1.82) is 0 Å². The van der Waals surface area contributed by atoms with Crippen molar-refractivity contribution in [3.8, 4) is 0 Å². The van der Waals surface area contributed by atoms with Crippen molar-refractivity contribution >= 4 is 0 Å². The van der Waals surface area contributed by atoms with Crippen molar-refractivity contribution in [2.45, 2.75) is 67.2 Å². The Bertz CT molecular complexity index is 637. The Kier molecular flexibility index (Phi) is 5.45. The summed E-state index contributed by atoms with van der Waals surface area (Å²) in [6.07, 6.45) is 4.42. The molecule has 0 bridgehead atoms. The second-order valence-electron chi connectivity index (χ2n) is 6.47. The largest absolute Gasteiger partial charge is 0.0613 e. The topological polar surface area (TPSA) is 0 Å². The summed E-state index contributed by atoms with van der Waals surface area (Å²) < 4.78 is 0. The smallest absolute Gasteiger partial charge is 0.00254 e. The number of aryl methyl sites for hydroxylation is 4. The highest BCUT2D eigenvalue weighted by Crippen LogP contribution is 2.23. The Morgan fingerprint density at radius 3 is 1.45 bits per heavy atom. The Hall–Kier alpha value is -1.56. The lowest BCUT2D eigenvalue weighted by Gasteiger charge is -2.15. The molecule has 118 valence electrons. The molecule has 0 unspecified atom stereocenters. The second-order valence-corrected chi connectivity index (χ2v) is 6.47. The zero-order chi connectivity index (χ0) is 16.3. The zero-order valence-corrected chi connectivity index (χ0v) is 15.1. The van der Waals surface area contributed by atoms with Crippen molar-refractivity contribution in [3.05, 3.63) is 68.8 Å². The van der Waals surface area contributed by atoms with Gasteiger partial charge in [-0.2, -0.15) is 0 Å². The second kappa shape index (κ2) is 7.13. The van der Waals surface area contributed by atoms with Crippen LogP contribution < -0.4 is 0 Å². The highest BCUT2D eigenvalue weighted by Gasteiger charge is 2.08. The molecular weight excluding hydrogens is 264 g/mol. The molecule has 2 rings (SSSR count). The van der Waals surface area contributed by atoms with E-state index in [9.17, 15) is 0 Å². The summed E-state index contributed by atoms with van der Waals surface area (Å²) in [6, 6.07) is 9.59. The molecule has 0 aliphatic heterocycles. The first-order valence-corrected chi connectivity index (χ1v) is 8.70. The molecule has 0 N–H and O–H groups in total. The first-order valence-electron chi connectivity index (χ1n) is 8.70. The number of hydrogen-bond acceptors (Lipinski definition) is 0. The van der Waals surface area contributed by atoms with E-state index in [1.807, 2.05) is 0 Å². The molecule has 2 aromatic rings. The first-order chi connectivity index (χ1) is 10.5. The summed E-state index contributed by atoms with van der Waals surface area (Å²) in [5.74, 6) is 0. The molecule has 0 aliphatic carbocycles. The molecule has 0 radical (unpaired) electrons. The summed E-state index contributed by atoms with van der Waals surface area (Å²) in [7, 11) is 0. The van der Waals surface area contributed by atoms with Crippen LogP contribution in [0.4, 0.5) is 0 Å². The molecule has 0 amide bonds. The summed E-state index contributed by atoms with van der Waals surface area (Å²) in [5.41, 5.74) is 11.8. The van der Waals surface area contributed by atoms with Gasteiger partial charge in [0.1, 0.15) is 0 Å². The molecule has 0 saturated heterocycles. The zero-order valence-electron chi connectivity index (χ0n) is 15.1. The van der Waals surface area contributed by atoms with Gasteiger partial charge < -0.3 is 0 Å². The minimum atomic E-state index is 1.05. The maximum Gasteiger partial charge on any atom is -0.00254 e. The molecule has 0 heterocycles. The average molecular weight is 294 g/mol. The number of rotatable bonds is 5. The predicted octanol–water partition coefficient (Wildman–Crippen LogP) is 5.89. The third kappa shape index (κ3) is 3.43. The highest BCUT2D eigenvalue weighted by atomic mass is 14.1. The summed E-state index contributed by atoms with van der Waals surface area (Å²) in [6.45, 7) is 13.5. The quantitative estimate of drug-likeness (QED) is 0.645. The van der Waals surface area contributed by atoms with Crippen LogP contribution in [0.25, 0.3) is 0 Å². The third-order valence-corrected chi connectivity index (χ3v) is 5.07. The van der Waals surface area contributed by atoms with Crippen molar-refractivity contribution in [2.24, 2.45) is 0 Å². The molecule has 0 nitrogen and oxygen atoms in total. The number of hydrogen-bond donors (Lipinski definition) is 0. The standard InChI is InChI=1S/C22H30/c1-7-20-12-18(10-15(4)16(20)5)11-19-13-21(8-2)17(6)22(9-3)14-19/h10,12-14H,7-9,11H2,1-6H3. The van der Waals surface area contributed by atoms with Gasteiger partial charge in [-0.25, -0.2) is 0 Å². The van der Waals surface area contributed by atoms with Crippen LogP contribution >= 0.6 is 0 Å². The van der Waals surface area contributed by atoms with Crippen molar-refractivity contribution in [1.82, 2.24) is 0 Å². The van der Waals surface area contributed by atoms with E-state index in [1.165, 1.54) is 44.5 Å². The maximum absolute atomic E-state index is 2.41. The molecule has 0 aromatic heterocycles. The van der Waals surface area contributed by atoms with Gasteiger partial charge in [0, 0.05) is 0 Å². The monoisotopic (exact) mass is 294 g/mol. The van der Waals surface area contributed by atoms with Gasteiger partial charge in [-0.1, -0.05) is 45.0 Å². The molecule has 2 aromatic carbocycles. The van der Waals surface area contributed by atoms with E-state index in [2.05, 4.69) is 65.8 Å². The average Bonchev–Trinajstić information content (AvgIpc) is 2.52. The van der Waals surface area contributed by atoms with Gasteiger partial charge in [0.25, 0.3) is 0 Å². The Morgan fingerprint density at radius 1 is 0.591 bits per heavy atom. The van der Waals surface area contributed by atoms with Crippen LogP contribution in [0.2, 0.25) is 0 Å². The number of benzene rings is 2. The van der Waals surface area contributed by atoms with Crippen LogP contribution in [0.1, 0.15) is 65.3 Å². The molecule has 0 fully saturated rings. The minimum Gasteiger partial charge on any atom is -0.0613 e. The predicted molar refractivity (Wildman–Crippen MR) is 98.0 cm³/mol. The SMILES string of the molecule is CCc1cc(Cc2cc(CC)c(C)c(CC)c2)cc(C)c1C. The van der Waals surface area contributed by atoms with Gasteiger partial charge in [0.2, 0.25) is 0 Å². The van der Waals surface area contributed by atoms with E-state index in [0.29, 0.717) is 0 Å². The van der Waals surface area contributed by atoms with Gasteiger partial charge in [-0.3, -0.25) is 0 Å². The van der Waals surface area contributed by atoms with E-state index in [0.717, 1.165) is 25.7 Å². The highest BCUT2D eigenvalue weighted by molar-refractivity contribution is 5.43. The van der Waals surface area contributed by atoms with E-state index in [4.69, 9.17) is 0 Å². The fourth-order valence-corrected chi connectivity index (χ4v) is 3.47. The van der Waals surface area contributed by atoms with E-state index >= 15 is 0 Å². The van der Waals surface area contributed by atoms with Crippen LogP contribution in [0.3, 0.4) is 0 Å².